The Morgan fingerprint density at radius 1 is 1.25 bits per heavy atom. The molecule has 0 spiro atoms. The normalized spacial score (nSPS) is 51.5. The third kappa shape index (κ3) is 2.66. The number of carbonyl (C=O) groups excluding carboxylic acids is 2. The largest absolute Gasteiger partial charge is 0.393 e. The van der Waals surface area contributed by atoms with Crippen LogP contribution in [0.3, 0.4) is 0 Å². The average Bonchev–Trinajstić information content (AvgIpc) is 3.21. The van der Waals surface area contributed by atoms with Crippen molar-refractivity contribution in [3.8, 4) is 0 Å². The number of allylic oxidation sites excluding steroid dienone is 3. The first-order valence-electron chi connectivity index (χ1n) is 11.9. The van der Waals surface area contributed by atoms with Crippen molar-refractivity contribution in [2.75, 3.05) is 6.61 Å². The minimum absolute atomic E-state index is 0.0296. The van der Waals surface area contributed by atoms with Gasteiger partial charge in [0.15, 0.2) is 23.5 Å². The van der Waals surface area contributed by atoms with Crippen molar-refractivity contribution in [3.63, 3.8) is 0 Å². The first kappa shape index (κ1) is 22.4. The highest BCUT2D eigenvalue weighted by atomic mass is 16.7. The lowest BCUT2D eigenvalue weighted by molar-refractivity contribution is -0.203. The molecule has 0 radical (unpaired) electrons. The topological polar surface area (TPSA) is 113 Å². The smallest absolute Gasteiger partial charge is 0.193 e. The summed E-state index contributed by atoms with van der Waals surface area (Å²) in [6, 6.07) is 0. The van der Waals surface area contributed by atoms with Crippen LogP contribution in [0.4, 0.5) is 0 Å². The van der Waals surface area contributed by atoms with Crippen LogP contribution < -0.4 is 0 Å². The first-order valence-corrected chi connectivity index (χ1v) is 11.9. The van der Waals surface area contributed by atoms with Crippen molar-refractivity contribution < 1.29 is 34.4 Å². The molecule has 0 aromatic heterocycles. The number of Topliss-reactive ketones (excluding diaryl/α,β-unsaturated/α-hetero) is 1. The van der Waals surface area contributed by atoms with Gasteiger partial charge >= 0.3 is 0 Å². The maximum atomic E-state index is 13.2. The lowest BCUT2D eigenvalue weighted by Gasteiger charge is -2.60. The molecule has 5 rings (SSSR count). The zero-order chi connectivity index (χ0) is 23.1. The van der Waals surface area contributed by atoms with Crippen LogP contribution in [0.2, 0.25) is 0 Å². The molecule has 1 saturated heterocycles. The van der Waals surface area contributed by atoms with Gasteiger partial charge in [-0.15, -0.1) is 0 Å². The molecular weight excluding hydrogens is 412 g/mol. The molecule has 3 saturated carbocycles. The number of fused-ring (bicyclic) bond motifs is 7. The van der Waals surface area contributed by atoms with Gasteiger partial charge in [-0.1, -0.05) is 33.3 Å². The summed E-state index contributed by atoms with van der Waals surface area (Å²) in [5, 5.41) is 32.5. The Balaban J connectivity index is 1.58. The predicted octanol–water partition coefficient (Wildman–Crippen LogP) is 1.69. The van der Waals surface area contributed by atoms with Gasteiger partial charge in [0.1, 0.15) is 6.61 Å². The maximum Gasteiger partial charge on any atom is 0.193 e. The summed E-state index contributed by atoms with van der Waals surface area (Å²) < 4.78 is 12.6. The zero-order valence-corrected chi connectivity index (χ0v) is 19.0. The van der Waals surface area contributed by atoms with E-state index in [1.165, 1.54) is 12.2 Å². The fourth-order valence-electron chi connectivity index (χ4n) is 8.18. The standard InChI is InChI=1S/C25H34O7/c1-4-5-21-31-20-10-15-14-9-17(28)16-8-13(27)6-7-23(16,2)22(14)18(29)11-24(15,3)25(20,32-21)19(30)12-26/h6-8,14-15,17-18,20-22,26,28-29H,4-5,9-12H2,1-3H3/t14-,15-,17-,18-,20+,21-,22+,23-,24-,25+/m0/s1. The quantitative estimate of drug-likeness (QED) is 0.602. The molecule has 3 N–H and O–H groups in total. The predicted molar refractivity (Wildman–Crippen MR) is 114 cm³/mol. The van der Waals surface area contributed by atoms with Gasteiger partial charge in [0.05, 0.1) is 18.3 Å². The molecule has 0 bridgehead atoms. The number of rotatable bonds is 4. The third-order valence-corrected chi connectivity index (χ3v) is 9.39. The summed E-state index contributed by atoms with van der Waals surface area (Å²) in [5.41, 5.74) is -1.98. The highest BCUT2D eigenvalue weighted by Gasteiger charge is 2.76. The second-order valence-corrected chi connectivity index (χ2v) is 10.9. The van der Waals surface area contributed by atoms with Crippen LogP contribution >= 0.6 is 0 Å². The van der Waals surface area contributed by atoms with E-state index in [1.54, 1.807) is 0 Å². The Labute approximate surface area is 188 Å². The number of aliphatic hydroxyl groups excluding tert-OH is 3. The summed E-state index contributed by atoms with van der Waals surface area (Å²) in [5.74, 6) is -0.825. The van der Waals surface area contributed by atoms with Crippen LogP contribution in [0, 0.1) is 28.6 Å². The van der Waals surface area contributed by atoms with Crippen molar-refractivity contribution in [2.45, 2.75) is 83.1 Å². The van der Waals surface area contributed by atoms with Crippen molar-refractivity contribution in [3.05, 3.63) is 23.8 Å². The molecule has 0 unspecified atom stereocenters. The van der Waals surface area contributed by atoms with Gasteiger partial charge in [-0.2, -0.15) is 0 Å². The Kier molecular flexibility index (Phi) is 5.12. The molecule has 1 aliphatic heterocycles. The minimum atomic E-state index is -1.29. The van der Waals surface area contributed by atoms with Gasteiger partial charge in [-0.05, 0) is 55.2 Å². The summed E-state index contributed by atoms with van der Waals surface area (Å²) in [6.07, 6.45) is 5.21. The number of hydrogen-bond acceptors (Lipinski definition) is 7. The van der Waals surface area contributed by atoms with Crippen LogP contribution in [0.1, 0.15) is 52.9 Å². The SMILES string of the molecule is CCC[C@H]1O[C@@H]2C[C@H]3[C@@H]4C[C@H](O)C5=CC(=O)C=C[C@]5(C)[C@H]4[C@@H](O)C[C@]3(C)[C@]2(C(=O)CO)O1. The number of ether oxygens (including phenoxy) is 2. The zero-order valence-electron chi connectivity index (χ0n) is 19.0. The summed E-state index contributed by atoms with van der Waals surface area (Å²) >= 11 is 0. The van der Waals surface area contributed by atoms with Crippen LogP contribution in [0.25, 0.3) is 0 Å². The molecular formula is C25H34O7. The minimum Gasteiger partial charge on any atom is -0.393 e. The Morgan fingerprint density at radius 2 is 2.00 bits per heavy atom. The van der Waals surface area contributed by atoms with Gasteiger partial charge in [-0.3, -0.25) is 9.59 Å². The summed E-state index contributed by atoms with van der Waals surface area (Å²) in [7, 11) is 0. The number of hydrogen-bond donors (Lipinski definition) is 3. The molecule has 176 valence electrons. The van der Waals surface area contributed by atoms with Crippen molar-refractivity contribution >= 4 is 11.6 Å². The molecule has 7 heteroatoms. The van der Waals surface area contributed by atoms with Crippen molar-refractivity contribution in [1.29, 1.82) is 0 Å². The van der Waals surface area contributed by atoms with E-state index in [4.69, 9.17) is 9.47 Å². The van der Waals surface area contributed by atoms with Crippen LogP contribution in [0.15, 0.2) is 23.8 Å². The van der Waals surface area contributed by atoms with E-state index in [0.717, 1.165) is 6.42 Å². The van der Waals surface area contributed by atoms with Crippen LogP contribution in [0.5, 0.6) is 0 Å². The molecule has 7 nitrogen and oxygen atoms in total. The Hall–Kier alpha value is -1.38. The average molecular weight is 447 g/mol. The van der Waals surface area contributed by atoms with Gasteiger partial charge in [0, 0.05) is 16.7 Å². The second-order valence-electron chi connectivity index (χ2n) is 10.9. The lowest BCUT2D eigenvalue weighted by atomic mass is 9.45. The van der Waals surface area contributed by atoms with Crippen molar-refractivity contribution in [2.24, 2.45) is 28.6 Å². The van der Waals surface area contributed by atoms with Gasteiger partial charge in [0.25, 0.3) is 0 Å². The molecule has 10 atom stereocenters. The molecule has 5 aliphatic rings. The maximum absolute atomic E-state index is 13.2. The summed E-state index contributed by atoms with van der Waals surface area (Å²) in [4.78, 5) is 25.3. The van der Waals surface area contributed by atoms with E-state index in [2.05, 4.69) is 0 Å². The lowest BCUT2D eigenvalue weighted by Crippen LogP contribution is -2.64. The first-order chi connectivity index (χ1) is 15.1. The van der Waals surface area contributed by atoms with E-state index in [-0.39, 0.29) is 29.3 Å². The monoisotopic (exact) mass is 446 g/mol. The number of ketones is 2. The molecule has 1 heterocycles. The molecule has 4 aliphatic carbocycles. The van der Waals surface area contributed by atoms with E-state index < -0.39 is 47.6 Å². The fourth-order valence-corrected chi connectivity index (χ4v) is 8.18. The molecule has 0 aromatic carbocycles. The van der Waals surface area contributed by atoms with Crippen molar-refractivity contribution in [1.82, 2.24) is 0 Å². The Morgan fingerprint density at radius 3 is 2.69 bits per heavy atom. The van der Waals surface area contributed by atoms with E-state index >= 15 is 0 Å². The third-order valence-electron chi connectivity index (χ3n) is 9.39. The van der Waals surface area contributed by atoms with Crippen LogP contribution in [-0.2, 0) is 19.1 Å². The second kappa shape index (κ2) is 7.31. The van der Waals surface area contributed by atoms with Gasteiger partial charge < -0.3 is 24.8 Å². The van der Waals surface area contributed by atoms with Gasteiger partial charge in [-0.25, -0.2) is 0 Å². The van der Waals surface area contributed by atoms with E-state index in [1.807, 2.05) is 26.8 Å². The van der Waals surface area contributed by atoms with Gasteiger partial charge in [0.2, 0.25) is 0 Å². The van der Waals surface area contributed by atoms with E-state index in [9.17, 15) is 24.9 Å². The molecule has 32 heavy (non-hydrogen) atoms. The highest BCUT2D eigenvalue weighted by Crippen LogP contribution is 2.69. The number of carbonyl (C=O) groups is 2. The highest BCUT2D eigenvalue weighted by molar-refractivity contribution is 6.01. The van der Waals surface area contributed by atoms with Crippen LogP contribution in [-0.4, -0.2) is 63.7 Å². The summed E-state index contributed by atoms with van der Waals surface area (Å²) in [6.45, 7) is 5.37. The molecule has 0 aromatic rings. The Bertz CT molecular complexity index is 895. The fraction of sp³-hybridized carbons (Fsp3) is 0.760. The molecule has 4 fully saturated rings. The molecule has 0 amide bonds. The number of aliphatic hydroxyl groups is 3. The van der Waals surface area contributed by atoms with E-state index in [0.29, 0.717) is 31.3 Å².